The Morgan fingerprint density at radius 1 is 1.65 bits per heavy atom. The van der Waals surface area contributed by atoms with Gasteiger partial charge in [-0.25, -0.2) is 0 Å². The summed E-state index contributed by atoms with van der Waals surface area (Å²) in [5.74, 6) is 0.0794. The highest BCUT2D eigenvalue weighted by Crippen LogP contribution is 2.21. The Morgan fingerprint density at radius 3 is 2.88 bits per heavy atom. The van der Waals surface area contributed by atoms with Crippen LogP contribution in [0.15, 0.2) is 18.2 Å². The van der Waals surface area contributed by atoms with Crippen molar-refractivity contribution in [1.29, 1.82) is 5.26 Å². The van der Waals surface area contributed by atoms with Crippen molar-refractivity contribution in [3.63, 3.8) is 0 Å². The minimum absolute atomic E-state index is 0.0247. The molecule has 0 aliphatic heterocycles. The predicted molar refractivity (Wildman–Crippen MR) is 62.6 cm³/mol. The fraction of sp³-hybridized carbons (Fsp3) is 0.364. The zero-order valence-electron chi connectivity index (χ0n) is 9.38. The van der Waals surface area contributed by atoms with Crippen LogP contribution in [0.2, 0.25) is 0 Å². The van der Waals surface area contributed by atoms with Crippen LogP contribution in [-0.4, -0.2) is 23.2 Å². The molecule has 6 heteroatoms. The van der Waals surface area contributed by atoms with Crippen LogP contribution in [0.1, 0.15) is 12.5 Å². The van der Waals surface area contributed by atoms with Gasteiger partial charge in [0.25, 0.3) is 5.69 Å². The van der Waals surface area contributed by atoms with Gasteiger partial charge in [0.1, 0.15) is 11.6 Å². The lowest BCUT2D eigenvalue weighted by molar-refractivity contribution is -0.385. The smallest absolute Gasteiger partial charge is 0.287 e. The average Bonchev–Trinajstić information content (AvgIpc) is 2.35. The third-order valence-electron chi connectivity index (χ3n) is 2.28. The second-order valence-electron chi connectivity index (χ2n) is 3.77. The van der Waals surface area contributed by atoms with E-state index in [9.17, 15) is 10.1 Å². The first kappa shape index (κ1) is 12.9. The first-order chi connectivity index (χ1) is 8.08. The Morgan fingerprint density at radius 2 is 2.35 bits per heavy atom. The minimum Gasteiger partial charge on any atom is -0.396 e. The van der Waals surface area contributed by atoms with E-state index in [-0.39, 0.29) is 23.8 Å². The summed E-state index contributed by atoms with van der Waals surface area (Å²) in [6.07, 6.45) is 0. The predicted octanol–water partition coefficient (Wildman–Crippen LogP) is 1.51. The van der Waals surface area contributed by atoms with Gasteiger partial charge < -0.3 is 10.4 Å². The summed E-state index contributed by atoms with van der Waals surface area (Å²) in [6, 6.07) is 6.06. The molecule has 90 valence electrons. The van der Waals surface area contributed by atoms with E-state index >= 15 is 0 Å². The molecule has 0 aliphatic rings. The van der Waals surface area contributed by atoms with Gasteiger partial charge in [-0.2, -0.15) is 5.26 Å². The monoisotopic (exact) mass is 235 g/mol. The molecular formula is C11H13N3O3. The van der Waals surface area contributed by atoms with Crippen LogP contribution in [0.5, 0.6) is 0 Å². The molecule has 0 amide bonds. The van der Waals surface area contributed by atoms with E-state index in [1.807, 2.05) is 6.92 Å². The van der Waals surface area contributed by atoms with E-state index in [2.05, 4.69) is 5.32 Å². The lowest BCUT2D eigenvalue weighted by Crippen LogP contribution is -2.14. The second-order valence-corrected chi connectivity index (χ2v) is 3.77. The number of nitrogens with zero attached hydrogens (tertiary/aromatic N) is 2. The Hall–Kier alpha value is -2.13. The van der Waals surface area contributed by atoms with Gasteiger partial charge in [0, 0.05) is 24.9 Å². The number of nitro groups is 1. The summed E-state index contributed by atoms with van der Waals surface area (Å²) < 4.78 is 0. The van der Waals surface area contributed by atoms with Crippen LogP contribution in [0, 0.1) is 27.4 Å². The van der Waals surface area contributed by atoms with Crippen molar-refractivity contribution in [1.82, 2.24) is 0 Å². The molecule has 0 fully saturated rings. The summed E-state index contributed by atoms with van der Waals surface area (Å²) in [5, 5.41) is 31.2. The van der Waals surface area contributed by atoms with Gasteiger partial charge >= 0.3 is 0 Å². The molecule has 0 aliphatic carbocycles. The van der Waals surface area contributed by atoms with Crippen molar-refractivity contribution < 1.29 is 10.0 Å². The lowest BCUT2D eigenvalue weighted by Gasteiger charge is -2.10. The SMILES string of the molecule is CC(CO)CNc1ccc([N+](=O)[O-])c(C#N)c1. The normalized spacial score (nSPS) is 11.6. The molecule has 0 spiro atoms. The molecule has 1 unspecified atom stereocenters. The summed E-state index contributed by atoms with van der Waals surface area (Å²) >= 11 is 0. The molecule has 1 aromatic carbocycles. The van der Waals surface area contributed by atoms with Crippen LogP contribution in [0.3, 0.4) is 0 Å². The molecule has 1 aromatic rings. The van der Waals surface area contributed by atoms with Crippen LogP contribution in [0.25, 0.3) is 0 Å². The van der Waals surface area contributed by atoms with Gasteiger partial charge in [0.05, 0.1) is 4.92 Å². The van der Waals surface area contributed by atoms with E-state index in [0.717, 1.165) is 0 Å². The maximum atomic E-state index is 10.6. The van der Waals surface area contributed by atoms with Crippen molar-refractivity contribution >= 4 is 11.4 Å². The first-order valence-corrected chi connectivity index (χ1v) is 5.11. The van der Waals surface area contributed by atoms with Crippen molar-refractivity contribution in [2.45, 2.75) is 6.92 Å². The highest BCUT2D eigenvalue weighted by molar-refractivity contribution is 5.58. The van der Waals surface area contributed by atoms with Crippen molar-refractivity contribution in [3.8, 4) is 6.07 Å². The van der Waals surface area contributed by atoms with Gasteiger partial charge in [-0.05, 0) is 18.1 Å². The summed E-state index contributed by atoms with van der Waals surface area (Å²) in [5.41, 5.74) is 0.456. The summed E-state index contributed by atoms with van der Waals surface area (Å²) in [6.45, 7) is 2.47. The van der Waals surface area contributed by atoms with E-state index in [4.69, 9.17) is 10.4 Å². The number of rotatable bonds is 5. The summed E-state index contributed by atoms with van der Waals surface area (Å²) in [4.78, 5) is 10.0. The molecule has 1 rings (SSSR count). The van der Waals surface area contributed by atoms with Gasteiger partial charge in [-0.1, -0.05) is 6.92 Å². The molecule has 0 aromatic heterocycles. The van der Waals surface area contributed by atoms with E-state index in [0.29, 0.717) is 12.2 Å². The lowest BCUT2D eigenvalue weighted by atomic mass is 10.1. The van der Waals surface area contributed by atoms with Gasteiger partial charge in [0.15, 0.2) is 0 Å². The Bertz CT molecular complexity index is 454. The molecule has 0 saturated carbocycles. The van der Waals surface area contributed by atoms with Crippen LogP contribution in [0.4, 0.5) is 11.4 Å². The van der Waals surface area contributed by atoms with E-state index < -0.39 is 4.92 Å². The first-order valence-electron chi connectivity index (χ1n) is 5.11. The van der Waals surface area contributed by atoms with Gasteiger partial charge in [0.2, 0.25) is 0 Å². The molecule has 0 saturated heterocycles. The van der Waals surface area contributed by atoms with Crippen molar-refractivity contribution in [2.75, 3.05) is 18.5 Å². The highest BCUT2D eigenvalue weighted by atomic mass is 16.6. The molecule has 17 heavy (non-hydrogen) atoms. The fourth-order valence-electron chi connectivity index (χ4n) is 1.25. The second kappa shape index (κ2) is 5.82. The van der Waals surface area contributed by atoms with Crippen LogP contribution in [-0.2, 0) is 0 Å². The molecule has 0 bridgehead atoms. The molecule has 1 atom stereocenters. The maximum Gasteiger partial charge on any atom is 0.287 e. The standard InChI is InChI=1S/C11H13N3O3/c1-8(7-15)6-13-10-2-3-11(14(16)17)9(4-10)5-12/h2-4,8,13,15H,6-7H2,1H3. The van der Waals surface area contributed by atoms with Gasteiger partial charge in [-0.15, -0.1) is 0 Å². The largest absolute Gasteiger partial charge is 0.396 e. The van der Waals surface area contributed by atoms with Gasteiger partial charge in [-0.3, -0.25) is 10.1 Å². The number of hydrogen-bond donors (Lipinski definition) is 2. The Kier molecular flexibility index (Phi) is 4.43. The van der Waals surface area contributed by atoms with Crippen molar-refractivity contribution in [3.05, 3.63) is 33.9 Å². The third-order valence-corrected chi connectivity index (χ3v) is 2.28. The molecule has 0 radical (unpaired) electrons. The number of aliphatic hydroxyl groups is 1. The number of nitriles is 1. The zero-order chi connectivity index (χ0) is 12.8. The molecular weight excluding hydrogens is 222 g/mol. The molecule has 6 nitrogen and oxygen atoms in total. The highest BCUT2D eigenvalue weighted by Gasteiger charge is 2.13. The van der Waals surface area contributed by atoms with E-state index in [1.54, 1.807) is 12.1 Å². The fourth-order valence-corrected chi connectivity index (χ4v) is 1.25. The maximum absolute atomic E-state index is 10.6. The average molecular weight is 235 g/mol. The van der Waals surface area contributed by atoms with Crippen molar-refractivity contribution in [2.24, 2.45) is 5.92 Å². The third kappa shape index (κ3) is 3.43. The summed E-state index contributed by atoms with van der Waals surface area (Å²) in [7, 11) is 0. The Balaban J connectivity index is 2.84. The van der Waals surface area contributed by atoms with Crippen LogP contribution < -0.4 is 5.32 Å². The topological polar surface area (TPSA) is 99.2 Å². The zero-order valence-corrected chi connectivity index (χ0v) is 9.38. The number of anilines is 1. The molecule has 2 N–H and O–H groups in total. The molecule has 0 heterocycles. The Labute approximate surface area is 98.6 Å². The number of aliphatic hydroxyl groups excluding tert-OH is 1. The minimum atomic E-state index is -0.585. The number of hydrogen-bond acceptors (Lipinski definition) is 5. The van der Waals surface area contributed by atoms with E-state index in [1.165, 1.54) is 12.1 Å². The number of nitrogens with one attached hydrogen (secondary N) is 1. The quantitative estimate of drug-likeness (QED) is 0.595. The number of nitro benzene ring substituents is 1. The van der Waals surface area contributed by atoms with Crippen LogP contribution >= 0.6 is 0 Å². The number of benzene rings is 1.